The van der Waals surface area contributed by atoms with Crippen LogP contribution < -0.4 is 15.4 Å². The van der Waals surface area contributed by atoms with E-state index in [1.807, 2.05) is 39.8 Å². The van der Waals surface area contributed by atoms with Gasteiger partial charge in [-0.3, -0.25) is 19.2 Å². The minimum absolute atomic E-state index is 0.000391. The summed E-state index contributed by atoms with van der Waals surface area (Å²) in [6.45, 7) is 14.8. The van der Waals surface area contributed by atoms with E-state index in [-0.39, 0.29) is 49.7 Å². The highest BCUT2D eigenvalue weighted by molar-refractivity contribution is 9.10. The molecule has 1 aromatic carbocycles. The maximum atomic E-state index is 14.6. The molecule has 13 nitrogen and oxygen atoms in total. The van der Waals surface area contributed by atoms with Gasteiger partial charge in [-0.15, -0.1) is 17.9 Å². The van der Waals surface area contributed by atoms with Crippen LogP contribution in [0.2, 0.25) is 0 Å². The first kappa shape index (κ1) is 41.3. The summed E-state index contributed by atoms with van der Waals surface area (Å²) in [6.07, 6.45) is 3.54. The lowest BCUT2D eigenvalue weighted by Gasteiger charge is -2.35. The van der Waals surface area contributed by atoms with Gasteiger partial charge in [0.25, 0.3) is 0 Å². The summed E-state index contributed by atoms with van der Waals surface area (Å²) in [5, 5.41) is 18.7. The Kier molecular flexibility index (Phi) is 12.0. The number of rotatable bonds is 13. The molecule has 3 aliphatic rings. The van der Waals surface area contributed by atoms with Gasteiger partial charge in [-0.1, -0.05) is 46.8 Å². The number of halogens is 1. The van der Waals surface area contributed by atoms with E-state index in [2.05, 4.69) is 38.1 Å². The van der Waals surface area contributed by atoms with Gasteiger partial charge in [-0.05, 0) is 77.9 Å². The summed E-state index contributed by atoms with van der Waals surface area (Å²) in [5.74, 6) is -2.25. The number of aliphatic carboxylic acids is 1. The predicted molar refractivity (Wildman–Crippen MR) is 216 cm³/mol. The summed E-state index contributed by atoms with van der Waals surface area (Å²) in [4.78, 5) is 77.8. The molecule has 3 N–H and O–H groups in total. The van der Waals surface area contributed by atoms with Crippen LogP contribution in [0.1, 0.15) is 85.1 Å². The Hall–Kier alpha value is -4.37. The molecule has 3 aromatic rings. The number of pyridine rings is 1. The number of Topliss-reactive ketones (excluding diaryl/α,β-unsaturated/α-hetero) is 1. The van der Waals surface area contributed by atoms with E-state index in [4.69, 9.17) is 14.5 Å². The van der Waals surface area contributed by atoms with Crippen molar-refractivity contribution in [2.45, 2.75) is 111 Å². The molecule has 300 valence electrons. The van der Waals surface area contributed by atoms with Crippen molar-refractivity contribution in [1.29, 1.82) is 0 Å². The molecule has 2 saturated carbocycles. The number of hydrogen-bond donors (Lipinski definition) is 3. The first-order valence-corrected chi connectivity index (χ1v) is 20.8. The first-order valence-electron chi connectivity index (χ1n) is 19.1. The minimum Gasteiger partial charge on any atom is -0.488 e. The van der Waals surface area contributed by atoms with Gasteiger partial charge >= 0.3 is 12.1 Å². The number of carboxylic acid groups (broad SMARTS) is 1. The summed E-state index contributed by atoms with van der Waals surface area (Å²) in [7, 11) is 0. The van der Waals surface area contributed by atoms with Gasteiger partial charge in [0.05, 0.1) is 29.2 Å². The summed E-state index contributed by atoms with van der Waals surface area (Å²) >= 11 is 4.97. The molecule has 2 aromatic heterocycles. The fourth-order valence-electron chi connectivity index (χ4n) is 7.59. The molecule has 6 rings (SSSR count). The Bertz CT molecular complexity index is 2060. The number of thiazole rings is 1. The quantitative estimate of drug-likeness (QED) is 0.145. The largest absolute Gasteiger partial charge is 0.488 e. The lowest BCUT2D eigenvalue weighted by molar-refractivity contribution is -0.147. The predicted octanol–water partition coefficient (Wildman–Crippen LogP) is 7.69. The molecule has 3 fully saturated rings. The number of benzene rings is 1. The Morgan fingerprint density at radius 1 is 1.12 bits per heavy atom. The highest BCUT2D eigenvalue weighted by Crippen LogP contribution is 2.56. The maximum Gasteiger partial charge on any atom is 0.408 e. The van der Waals surface area contributed by atoms with Gasteiger partial charge in [0, 0.05) is 40.1 Å². The van der Waals surface area contributed by atoms with Crippen molar-refractivity contribution in [2.75, 3.05) is 11.9 Å². The van der Waals surface area contributed by atoms with E-state index in [0.717, 1.165) is 35.7 Å². The number of amides is 3. The second kappa shape index (κ2) is 16.2. The van der Waals surface area contributed by atoms with Crippen LogP contribution in [0.15, 0.2) is 40.7 Å². The number of aryl methyl sites for hydroxylation is 1. The highest BCUT2D eigenvalue weighted by atomic mass is 79.9. The molecular weight excluding hydrogens is 802 g/mol. The van der Waals surface area contributed by atoms with Crippen molar-refractivity contribution in [2.24, 2.45) is 22.7 Å². The molecule has 1 aliphatic heterocycles. The van der Waals surface area contributed by atoms with E-state index < -0.39 is 52.8 Å². The van der Waals surface area contributed by atoms with Crippen LogP contribution in [0.3, 0.4) is 0 Å². The van der Waals surface area contributed by atoms with Crippen LogP contribution in [0.4, 0.5) is 9.93 Å². The molecule has 5 atom stereocenters. The van der Waals surface area contributed by atoms with Crippen molar-refractivity contribution >= 4 is 73.0 Å². The fraction of sp³-hybridized carbons (Fsp3) is 0.537. The number of carboxylic acids is 1. The molecule has 0 spiro atoms. The number of nitrogens with one attached hydrogen (secondary N) is 2. The number of allylic oxidation sites excluding steroid dienone is 1. The van der Waals surface area contributed by atoms with E-state index in [0.29, 0.717) is 33.2 Å². The second-order valence-corrected chi connectivity index (χ2v) is 18.3. The third-order valence-corrected chi connectivity index (χ3v) is 12.9. The molecular formula is C41H50BrN5O8S. The topological polar surface area (TPSA) is 177 Å². The average molecular weight is 853 g/mol. The molecule has 0 radical (unpaired) electrons. The molecule has 2 aliphatic carbocycles. The zero-order valence-electron chi connectivity index (χ0n) is 32.6. The monoisotopic (exact) mass is 851 g/mol. The Labute approximate surface area is 339 Å². The number of anilines is 1. The number of nitrogens with zero attached hydrogens (tertiary/aromatic N) is 3. The van der Waals surface area contributed by atoms with Gasteiger partial charge in [0.2, 0.25) is 11.8 Å². The lowest BCUT2D eigenvalue weighted by Crippen LogP contribution is -2.57. The number of likely N-dealkylation sites (tertiary alicyclic amines) is 1. The molecule has 1 saturated heterocycles. The molecule has 3 heterocycles. The van der Waals surface area contributed by atoms with Gasteiger partial charge in [0.15, 0.2) is 10.9 Å². The smallest absolute Gasteiger partial charge is 0.408 e. The zero-order valence-corrected chi connectivity index (χ0v) is 35.1. The van der Waals surface area contributed by atoms with Crippen molar-refractivity contribution < 1.29 is 38.6 Å². The van der Waals surface area contributed by atoms with Crippen LogP contribution >= 0.6 is 27.3 Å². The zero-order chi connectivity index (χ0) is 40.7. The second-order valence-electron chi connectivity index (χ2n) is 16.7. The van der Waals surface area contributed by atoms with E-state index >= 15 is 0 Å². The molecule has 56 heavy (non-hydrogen) atoms. The summed E-state index contributed by atoms with van der Waals surface area (Å²) in [5.41, 5.74) is 0.519. The normalized spacial score (nSPS) is 22.9. The Morgan fingerprint density at radius 2 is 1.84 bits per heavy atom. The van der Waals surface area contributed by atoms with E-state index in [1.165, 1.54) is 16.2 Å². The van der Waals surface area contributed by atoms with E-state index in [9.17, 15) is 29.1 Å². The van der Waals surface area contributed by atoms with Gasteiger partial charge in [-0.25, -0.2) is 14.8 Å². The summed E-state index contributed by atoms with van der Waals surface area (Å²) < 4.78 is 13.2. The first-order chi connectivity index (χ1) is 26.4. The number of carbonyl (C=O) groups excluding carboxylic acids is 4. The van der Waals surface area contributed by atoms with Crippen LogP contribution in [0.5, 0.6) is 5.75 Å². The number of aromatic nitrogens is 2. The standard InChI is InChI=1S/C41H50BrN5O8S/c1-8-23-17-41(23,37(51)52)18-30(48)29-15-25(19-47(29)36(50)34(40(5,6)7)45-39(53)55-24-11-9-10-12-24)54-31-16-27(43-33-26(31)14-13-22(4)32(33)42)28-20-56-38(44-28)46-35(49)21(2)3/h8,13-14,16,20-21,23-25,29,34H,1,9-12,15,17-19H2,2-7H3,(H,45,53)(H,51,52)(H,44,46,49)/t23-,25-,29+,34-,41-/m1/s1. The minimum atomic E-state index is -1.28. The van der Waals surface area contributed by atoms with Crippen LogP contribution in [-0.4, -0.2) is 80.5 Å². The van der Waals surface area contributed by atoms with Gasteiger partial charge < -0.3 is 30.1 Å². The van der Waals surface area contributed by atoms with Crippen LogP contribution in [-0.2, 0) is 23.9 Å². The maximum absolute atomic E-state index is 14.6. The molecule has 15 heteroatoms. The van der Waals surface area contributed by atoms with Crippen LogP contribution in [0.25, 0.3) is 22.3 Å². The van der Waals surface area contributed by atoms with Crippen LogP contribution in [0, 0.1) is 29.6 Å². The van der Waals surface area contributed by atoms with Crippen molar-refractivity contribution in [3.63, 3.8) is 0 Å². The number of alkyl carbamates (subject to hydrolysis) is 1. The number of ketones is 1. The Balaban J connectivity index is 1.33. The molecule has 0 bridgehead atoms. The van der Waals surface area contributed by atoms with E-state index in [1.54, 1.807) is 31.4 Å². The van der Waals surface area contributed by atoms with Gasteiger partial charge in [0.1, 0.15) is 29.7 Å². The SMILES string of the molecule is C=C[C@@H]1C[C@]1(CC(=O)[C@@H]1C[C@@H](Oc2cc(-c3csc(NC(=O)C(C)C)n3)nc3c(Br)c(C)ccc23)CN1C(=O)[C@@H](NC(=O)OC1CCCC1)C(C)(C)C)C(=O)O. The van der Waals surface area contributed by atoms with Crippen molar-refractivity contribution in [3.8, 4) is 17.1 Å². The number of carbonyl (C=O) groups is 5. The number of hydrogen-bond acceptors (Lipinski definition) is 10. The average Bonchev–Trinajstić information content (AvgIpc) is 3.55. The Morgan fingerprint density at radius 3 is 2.46 bits per heavy atom. The third-order valence-electron chi connectivity index (χ3n) is 11.1. The van der Waals surface area contributed by atoms with Crippen molar-refractivity contribution in [3.05, 3.63) is 46.3 Å². The lowest BCUT2D eigenvalue weighted by atomic mass is 9.85. The molecule has 3 amide bonds. The third kappa shape index (κ3) is 8.63. The van der Waals surface area contributed by atoms with Crippen molar-refractivity contribution in [1.82, 2.24) is 20.2 Å². The number of ether oxygens (including phenoxy) is 2. The van der Waals surface area contributed by atoms with Gasteiger partial charge in [-0.2, -0.15) is 0 Å². The molecule has 0 unspecified atom stereocenters. The fourth-order valence-corrected chi connectivity index (χ4v) is 8.73. The summed E-state index contributed by atoms with van der Waals surface area (Å²) in [6, 6.07) is 3.51. The highest BCUT2D eigenvalue weighted by Gasteiger charge is 2.61. The number of fused-ring (bicyclic) bond motifs is 1.